The van der Waals surface area contributed by atoms with Gasteiger partial charge in [-0.05, 0) is 32.0 Å². The van der Waals surface area contributed by atoms with E-state index in [1.54, 1.807) is 31.2 Å². The number of nitrogens with one attached hydrogen (secondary N) is 1. The standard InChI is InChI=1S/C21H21N3O3/c1-14-8-10-16(11-9-14)17-12-13-20(25)24(23-17)15(2)21(26)22-18-6-4-5-7-19(18)27-3/h4-13,15H,1-3H3,(H,22,26). The van der Waals surface area contributed by atoms with Crippen molar-refractivity contribution >= 4 is 11.6 Å². The fourth-order valence-electron chi connectivity index (χ4n) is 2.68. The average molecular weight is 363 g/mol. The summed E-state index contributed by atoms with van der Waals surface area (Å²) >= 11 is 0. The van der Waals surface area contributed by atoms with Crippen LogP contribution in [0.5, 0.6) is 5.75 Å². The number of nitrogens with zero attached hydrogens (tertiary/aromatic N) is 2. The van der Waals surface area contributed by atoms with Crippen LogP contribution in [0.1, 0.15) is 18.5 Å². The molecule has 2 aromatic carbocycles. The Morgan fingerprint density at radius 1 is 1.07 bits per heavy atom. The molecule has 3 rings (SSSR count). The molecule has 6 nitrogen and oxygen atoms in total. The van der Waals surface area contributed by atoms with Gasteiger partial charge < -0.3 is 10.1 Å². The lowest BCUT2D eigenvalue weighted by Crippen LogP contribution is -2.33. The molecular formula is C21H21N3O3. The first-order valence-corrected chi connectivity index (χ1v) is 8.60. The predicted octanol–water partition coefficient (Wildman–Crippen LogP) is 3.43. The maximum absolute atomic E-state index is 12.7. The predicted molar refractivity (Wildman–Crippen MR) is 105 cm³/mol. The molecule has 0 aliphatic heterocycles. The Hall–Kier alpha value is -3.41. The lowest BCUT2D eigenvalue weighted by Gasteiger charge is -2.16. The van der Waals surface area contributed by atoms with Gasteiger partial charge >= 0.3 is 0 Å². The fourth-order valence-corrected chi connectivity index (χ4v) is 2.68. The first-order chi connectivity index (χ1) is 13.0. The Kier molecular flexibility index (Phi) is 5.35. The molecule has 0 aliphatic carbocycles. The summed E-state index contributed by atoms with van der Waals surface area (Å²) in [5.74, 6) is 0.196. The minimum Gasteiger partial charge on any atom is -0.495 e. The molecule has 0 fully saturated rings. The third-order valence-electron chi connectivity index (χ3n) is 4.28. The van der Waals surface area contributed by atoms with E-state index in [-0.39, 0.29) is 11.5 Å². The zero-order chi connectivity index (χ0) is 19.4. The minimum absolute atomic E-state index is 0.339. The van der Waals surface area contributed by atoms with Crippen LogP contribution in [0.15, 0.2) is 65.5 Å². The molecular weight excluding hydrogens is 342 g/mol. The number of aryl methyl sites for hydroxylation is 1. The molecule has 0 bridgehead atoms. The van der Waals surface area contributed by atoms with Crippen molar-refractivity contribution in [2.75, 3.05) is 12.4 Å². The monoisotopic (exact) mass is 363 g/mol. The summed E-state index contributed by atoms with van der Waals surface area (Å²) in [5.41, 5.74) is 2.85. The van der Waals surface area contributed by atoms with Crippen LogP contribution < -0.4 is 15.6 Å². The summed E-state index contributed by atoms with van der Waals surface area (Å²) in [6, 6.07) is 17.2. The number of para-hydroxylation sites is 2. The lowest BCUT2D eigenvalue weighted by atomic mass is 10.1. The van der Waals surface area contributed by atoms with Crippen LogP contribution in [0.3, 0.4) is 0 Å². The number of rotatable bonds is 5. The molecule has 0 aliphatic rings. The van der Waals surface area contributed by atoms with Crippen molar-refractivity contribution in [2.24, 2.45) is 0 Å². The molecule has 0 radical (unpaired) electrons. The average Bonchev–Trinajstić information content (AvgIpc) is 2.69. The van der Waals surface area contributed by atoms with E-state index in [0.717, 1.165) is 11.1 Å². The molecule has 1 heterocycles. The highest BCUT2D eigenvalue weighted by molar-refractivity contribution is 5.94. The Bertz CT molecular complexity index is 1010. The van der Waals surface area contributed by atoms with Gasteiger partial charge in [0, 0.05) is 11.6 Å². The Labute approximate surface area is 157 Å². The highest BCUT2D eigenvalue weighted by atomic mass is 16.5. The molecule has 1 atom stereocenters. The van der Waals surface area contributed by atoms with Crippen molar-refractivity contribution in [1.29, 1.82) is 0 Å². The summed E-state index contributed by atoms with van der Waals surface area (Å²) in [5, 5.41) is 7.18. The van der Waals surface area contributed by atoms with E-state index in [2.05, 4.69) is 10.4 Å². The number of methoxy groups -OCH3 is 1. The number of hydrogen-bond acceptors (Lipinski definition) is 4. The van der Waals surface area contributed by atoms with E-state index in [0.29, 0.717) is 17.1 Å². The summed E-state index contributed by atoms with van der Waals surface area (Å²) in [6.45, 7) is 3.64. The maximum Gasteiger partial charge on any atom is 0.267 e. The number of benzene rings is 2. The van der Waals surface area contributed by atoms with E-state index < -0.39 is 6.04 Å². The zero-order valence-corrected chi connectivity index (χ0v) is 15.5. The Morgan fingerprint density at radius 3 is 2.48 bits per heavy atom. The van der Waals surface area contributed by atoms with E-state index in [4.69, 9.17) is 4.74 Å². The van der Waals surface area contributed by atoms with E-state index in [1.807, 2.05) is 37.3 Å². The van der Waals surface area contributed by atoms with Gasteiger partial charge in [-0.2, -0.15) is 5.10 Å². The minimum atomic E-state index is -0.784. The van der Waals surface area contributed by atoms with Gasteiger partial charge in [-0.15, -0.1) is 0 Å². The molecule has 0 saturated heterocycles. The third-order valence-corrected chi connectivity index (χ3v) is 4.28. The third kappa shape index (κ3) is 4.06. The maximum atomic E-state index is 12.7. The van der Waals surface area contributed by atoms with Crippen molar-refractivity contribution in [3.63, 3.8) is 0 Å². The van der Waals surface area contributed by atoms with Crippen LogP contribution >= 0.6 is 0 Å². The normalized spacial score (nSPS) is 11.7. The number of aromatic nitrogens is 2. The number of carbonyl (C=O) groups excluding carboxylic acids is 1. The number of anilines is 1. The van der Waals surface area contributed by atoms with Crippen molar-refractivity contribution < 1.29 is 9.53 Å². The SMILES string of the molecule is COc1ccccc1NC(=O)C(C)n1nc(-c2ccc(C)cc2)ccc1=O. The van der Waals surface area contributed by atoms with Crippen LogP contribution in [0.25, 0.3) is 11.3 Å². The number of hydrogen-bond donors (Lipinski definition) is 1. The van der Waals surface area contributed by atoms with Gasteiger partial charge in [0.1, 0.15) is 11.8 Å². The fraction of sp³-hybridized carbons (Fsp3) is 0.190. The first-order valence-electron chi connectivity index (χ1n) is 8.60. The smallest absolute Gasteiger partial charge is 0.267 e. The number of amides is 1. The van der Waals surface area contributed by atoms with Crippen molar-refractivity contribution in [3.05, 3.63) is 76.6 Å². The summed E-state index contributed by atoms with van der Waals surface area (Å²) in [4.78, 5) is 24.9. The quantitative estimate of drug-likeness (QED) is 0.754. The second kappa shape index (κ2) is 7.86. The van der Waals surface area contributed by atoms with Crippen molar-refractivity contribution in [2.45, 2.75) is 19.9 Å². The Balaban J connectivity index is 1.88. The molecule has 1 unspecified atom stereocenters. The van der Waals surface area contributed by atoms with E-state index in [1.165, 1.54) is 17.9 Å². The summed E-state index contributed by atoms with van der Waals surface area (Å²) in [6.07, 6.45) is 0. The van der Waals surface area contributed by atoms with E-state index >= 15 is 0 Å². The zero-order valence-electron chi connectivity index (χ0n) is 15.5. The molecule has 0 spiro atoms. The Morgan fingerprint density at radius 2 is 1.78 bits per heavy atom. The van der Waals surface area contributed by atoms with Gasteiger partial charge in [0.2, 0.25) is 5.91 Å². The van der Waals surface area contributed by atoms with Crippen LogP contribution in [0.4, 0.5) is 5.69 Å². The van der Waals surface area contributed by atoms with Crippen LogP contribution in [-0.4, -0.2) is 22.8 Å². The molecule has 0 saturated carbocycles. The van der Waals surface area contributed by atoms with Gasteiger partial charge in [0.05, 0.1) is 18.5 Å². The number of ether oxygens (including phenoxy) is 1. The van der Waals surface area contributed by atoms with Gasteiger partial charge in [-0.1, -0.05) is 42.0 Å². The van der Waals surface area contributed by atoms with Gasteiger partial charge in [0.15, 0.2) is 0 Å². The molecule has 1 amide bonds. The first kappa shape index (κ1) is 18.4. The highest BCUT2D eigenvalue weighted by Gasteiger charge is 2.19. The molecule has 3 aromatic rings. The molecule has 1 N–H and O–H groups in total. The van der Waals surface area contributed by atoms with Crippen LogP contribution in [0.2, 0.25) is 0 Å². The molecule has 27 heavy (non-hydrogen) atoms. The van der Waals surface area contributed by atoms with Gasteiger partial charge in [0.25, 0.3) is 5.56 Å². The van der Waals surface area contributed by atoms with Gasteiger partial charge in [-0.25, -0.2) is 4.68 Å². The second-order valence-electron chi connectivity index (χ2n) is 6.23. The number of carbonyl (C=O) groups is 1. The molecule has 1 aromatic heterocycles. The summed E-state index contributed by atoms with van der Waals surface area (Å²) in [7, 11) is 1.53. The van der Waals surface area contributed by atoms with Crippen molar-refractivity contribution in [3.8, 4) is 17.0 Å². The van der Waals surface area contributed by atoms with E-state index in [9.17, 15) is 9.59 Å². The molecule has 138 valence electrons. The second-order valence-corrected chi connectivity index (χ2v) is 6.23. The van der Waals surface area contributed by atoms with Crippen LogP contribution in [0, 0.1) is 6.92 Å². The summed E-state index contributed by atoms with van der Waals surface area (Å²) < 4.78 is 6.44. The highest BCUT2D eigenvalue weighted by Crippen LogP contribution is 2.24. The molecule has 6 heteroatoms. The largest absolute Gasteiger partial charge is 0.495 e. The topological polar surface area (TPSA) is 73.2 Å². The van der Waals surface area contributed by atoms with Gasteiger partial charge in [-0.3, -0.25) is 9.59 Å². The lowest BCUT2D eigenvalue weighted by molar-refractivity contribution is -0.119. The van der Waals surface area contributed by atoms with Crippen LogP contribution in [-0.2, 0) is 4.79 Å². The van der Waals surface area contributed by atoms with Crippen molar-refractivity contribution in [1.82, 2.24) is 9.78 Å².